The fraction of sp³-hybridized carbons (Fsp3) is 0.400. The summed E-state index contributed by atoms with van der Waals surface area (Å²) in [6.45, 7) is 4.35. The molecule has 1 N–H and O–H groups in total. The van der Waals surface area contributed by atoms with Crippen LogP contribution in [0.1, 0.15) is 6.92 Å². The number of carbonyl (C=O) groups excluding carboxylic acids is 1. The van der Waals surface area contributed by atoms with Gasteiger partial charge in [0.05, 0.1) is 30.4 Å². The SMILES string of the molecule is CC(Nc1cnc2ccccc2n1)C(=O)N1CCOCC1. The summed E-state index contributed by atoms with van der Waals surface area (Å²) in [7, 11) is 0. The molecule has 1 saturated heterocycles. The van der Waals surface area contributed by atoms with E-state index in [1.54, 1.807) is 6.20 Å². The van der Waals surface area contributed by atoms with Crippen molar-refractivity contribution in [2.24, 2.45) is 0 Å². The van der Waals surface area contributed by atoms with Crippen LogP contribution in [-0.2, 0) is 9.53 Å². The Balaban J connectivity index is 1.70. The van der Waals surface area contributed by atoms with Crippen LogP contribution >= 0.6 is 0 Å². The van der Waals surface area contributed by atoms with E-state index in [2.05, 4.69) is 15.3 Å². The van der Waals surface area contributed by atoms with Crippen LogP contribution in [0.2, 0.25) is 0 Å². The molecule has 6 nitrogen and oxygen atoms in total. The van der Waals surface area contributed by atoms with E-state index in [1.807, 2.05) is 36.1 Å². The number of anilines is 1. The predicted octanol–water partition coefficient (Wildman–Crippen LogP) is 1.29. The number of nitrogens with one attached hydrogen (secondary N) is 1. The van der Waals surface area contributed by atoms with Crippen molar-refractivity contribution in [2.75, 3.05) is 31.6 Å². The Kier molecular flexibility index (Phi) is 3.96. The largest absolute Gasteiger partial charge is 0.378 e. The Morgan fingerprint density at radius 3 is 2.76 bits per heavy atom. The van der Waals surface area contributed by atoms with E-state index >= 15 is 0 Å². The lowest BCUT2D eigenvalue weighted by atomic mass is 10.2. The topological polar surface area (TPSA) is 67.4 Å². The van der Waals surface area contributed by atoms with Crippen LogP contribution in [0.25, 0.3) is 11.0 Å². The molecular weight excluding hydrogens is 268 g/mol. The quantitative estimate of drug-likeness (QED) is 0.921. The number of benzene rings is 1. The summed E-state index contributed by atoms with van der Waals surface area (Å²) in [5.41, 5.74) is 1.66. The summed E-state index contributed by atoms with van der Waals surface area (Å²) in [4.78, 5) is 23.0. The zero-order valence-corrected chi connectivity index (χ0v) is 12.0. The van der Waals surface area contributed by atoms with Crippen LogP contribution in [0.3, 0.4) is 0 Å². The normalized spacial score (nSPS) is 16.7. The predicted molar refractivity (Wildman–Crippen MR) is 80.0 cm³/mol. The molecule has 0 saturated carbocycles. The molecule has 3 rings (SSSR count). The van der Waals surface area contributed by atoms with Crippen molar-refractivity contribution >= 4 is 22.8 Å². The molecule has 1 atom stereocenters. The number of carbonyl (C=O) groups is 1. The van der Waals surface area contributed by atoms with Crippen molar-refractivity contribution in [3.05, 3.63) is 30.5 Å². The molecule has 6 heteroatoms. The molecule has 2 aromatic rings. The van der Waals surface area contributed by atoms with Crippen molar-refractivity contribution in [3.63, 3.8) is 0 Å². The standard InChI is InChI=1S/C15H18N4O2/c1-11(15(20)19-6-8-21-9-7-19)17-14-10-16-12-4-2-3-5-13(12)18-14/h2-5,10-11H,6-9H2,1H3,(H,17,18). The fourth-order valence-corrected chi connectivity index (χ4v) is 2.37. The first-order valence-corrected chi connectivity index (χ1v) is 7.09. The van der Waals surface area contributed by atoms with Gasteiger partial charge in [0.1, 0.15) is 11.9 Å². The lowest BCUT2D eigenvalue weighted by molar-refractivity contribution is -0.135. The van der Waals surface area contributed by atoms with Crippen molar-refractivity contribution in [2.45, 2.75) is 13.0 Å². The highest BCUT2D eigenvalue weighted by Gasteiger charge is 2.22. The Bertz CT molecular complexity index is 640. The van der Waals surface area contributed by atoms with Gasteiger partial charge < -0.3 is 15.0 Å². The number of para-hydroxylation sites is 2. The summed E-state index contributed by atoms with van der Waals surface area (Å²) < 4.78 is 5.26. The second-order valence-electron chi connectivity index (χ2n) is 5.05. The average molecular weight is 286 g/mol. The second-order valence-corrected chi connectivity index (χ2v) is 5.05. The maximum absolute atomic E-state index is 12.3. The molecule has 1 aliphatic heterocycles. The molecule has 0 aliphatic carbocycles. The van der Waals surface area contributed by atoms with E-state index in [-0.39, 0.29) is 11.9 Å². The minimum absolute atomic E-state index is 0.0632. The van der Waals surface area contributed by atoms with E-state index in [9.17, 15) is 4.79 Å². The van der Waals surface area contributed by atoms with Crippen molar-refractivity contribution in [1.29, 1.82) is 0 Å². The molecule has 0 bridgehead atoms. The number of fused-ring (bicyclic) bond motifs is 1. The first-order valence-electron chi connectivity index (χ1n) is 7.09. The molecule has 1 aliphatic rings. The van der Waals surface area contributed by atoms with Crippen LogP contribution in [0.5, 0.6) is 0 Å². The van der Waals surface area contributed by atoms with Crippen molar-refractivity contribution < 1.29 is 9.53 Å². The minimum atomic E-state index is -0.335. The number of aromatic nitrogens is 2. The Hall–Kier alpha value is -2.21. The van der Waals surface area contributed by atoms with E-state index < -0.39 is 0 Å². The molecule has 1 amide bonds. The number of ether oxygens (including phenoxy) is 1. The summed E-state index contributed by atoms with van der Waals surface area (Å²) in [5.74, 6) is 0.677. The van der Waals surface area contributed by atoms with Gasteiger partial charge in [-0.05, 0) is 19.1 Å². The smallest absolute Gasteiger partial charge is 0.244 e. The summed E-state index contributed by atoms with van der Waals surface area (Å²) in [6.07, 6.45) is 1.66. The lowest BCUT2D eigenvalue weighted by Gasteiger charge is -2.29. The summed E-state index contributed by atoms with van der Waals surface area (Å²) >= 11 is 0. The average Bonchev–Trinajstić information content (AvgIpc) is 2.55. The second kappa shape index (κ2) is 6.05. The number of hydrogen-bond acceptors (Lipinski definition) is 5. The van der Waals surface area contributed by atoms with Crippen LogP contribution < -0.4 is 5.32 Å². The van der Waals surface area contributed by atoms with E-state index in [0.29, 0.717) is 32.1 Å². The van der Waals surface area contributed by atoms with Crippen LogP contribution in [0.4, 0.5) is 5.82 Å². The first kappa shape index (κ1) is 13.8. The highest BCUT2D eigenvalue weighted by Crippen LogP contribution is 2.13. The van der Waals surface area contributed by atoms with Gasteiger partial charge in [-0.3, -0.25) is 9.78 Å². The van der Waals surface area contributed by atoms with Gasteiger partial charge in [-0.15, -0.1) is 0 Å². The van der Waals surface area contributed by atoms with Crippen molar-refractivity contribution in [3.8, 4) is 0 Å². The lowest BCUT2D eigenvalue weighted by Crippen LogP contribution is -2.47. The monoisotopic (exact) mass is 286 g/mol. The zero-order chi connectivity index (χ0) is 14.7. The molecule has 0 spiro atoms. The van der Waals surface area contributed by atoms with Crippen LogP contribution in [-0.4, -0.2) is 53.1 Å². The van der Waals surface area contributed by atoms with Gasteiger partial charge in [-0.2, -0.15) is 0 Å². The number of morpholine rings is 1. The molecule has 110 valence electrons. The zero-order valence-electron chi connectivity index (χ0n) is 12.0. The molecule has 0 radical (unpaired) electrons. The highest BCUT2D eigenvalue weighted by atomic mass is 16.5. The van der Waals surface area contributed by atoms with Crippen molar-refractivity contribution in [1.82, 2.24) is 14.9 Å². The highest BCUT2D eigenvalue weighted by molar-refractivity contribution is 5.84. The fourth-order valence-electron chi connectivity index (χ4n) is 2.37. The van der Waals surface area contributed by atoms with Gasteiger partial charge in [0.2, 0.25) is 5.91 Å². The molecule has 1 fully saturated rings. The van der Waals surface area contributed by atoms with E-state index in [0.717, 1.165) is 11.0 Å². The minimum Gasteiger partial charge on any atom is -0.378 e. The number of amides is 1. The van der Waals surface area contributed by atoms with Gasteiger partial charge in [0, 0.05) is 13.1 Å². The third kappa shape index (κ3) is 3.11. The van der Waals surface area contributed by atoms with E-state index in [4.69, 9.17) is 4.74 Å². The summed E-state index contributed by atoms with van der Waals surface area (Å²) in [5, 5.41) is 3.13. The van der Waals surface area contributed by atoms with Gasteiger partial charge in [-0.1, -0.05) is 12.1 Å². The molecule has 21 heavy (non-hydrogen) atoms. The third-order valence-corrected chi connectivity index (χ3v) is 3.51. The molecule has 1 aromatic carbocycles. The van der Waals surface area contributed by atoms with Gasteiger partial charge >= 0.3 is 0 Å². The van der Waals surface area contributed by atoms with Gasteiger partial charge in [-0.25, -0.2) is 4.98 Å². The third-order valence-electron chi connectivity index (χ3n) is 3.51. The first-order chi connectivity index (χ1) is 10.2. The summed E-state index contributed by atoms with van der Waals surface area (Å²) in [6, 6.07) is 7.33. The number of nitrogens with zero attached hydrogens (tertiary/aromatic N) is 3. The number of rotatable bonds is 3. The Morgan fingerprint density at radius 2 is 2.00 bits per heavy atom. The molecule has 2 heterocycles. The molecule has 1 aromatic heterocycles. The van der Waals surface area contributed by atoms with E-state index in [1.165, 1.54) is 0 Å². The maximum Gasteiger partial charge on any atom is 0.244 e. The van der Waals surface area contributed by atoms with Gasteiger partial charge in [0.15, 0.2) is 0 Å². The number of hydrogen-bond donors (Lipinski definition) is 1. The van der Waals surface area contributed by atoms with Crippen LogP contribution in [0, 0.1) is 0 Å². The Labute approximate surface area is 123 Å². The maximum atomic E-state index is 12.3. The van der Waals surface area contributed by atoms with Gasteiger partial charge in [0.25, 0.3) is 0 Å². The van der Waals surface area contributed by atoms with Crippen LogP contribution in [0.15, 0.2) is 30.5 Å². The molecular formula is C15H18N4O2. The molecule has 1 unspecified atom stereocenters. The Morgan fingerprint density at radius 1 is 1.29 bits per heavy atom.